The predicted octanol–water partition coefficient (Wildman–Crippen LogP) is 3.10. The molecule has 0 aromatic heterocycles. The van der Waals surface area contributed by atoms with Crippen molar-refractivity contribution < 1.29 is 13.2 Å². The highest BCUT2D eigenvalue weighted by molar-refractivity contribution is 7.89. The molecule has 2 amide bonds. The van der Waals surface area contributed by atoms with Crippen LogP contribution in [0.25, 0.3) is 0 Å². The van der Waals surface area contributed by atoms with Gasteiger partial charge in [0.2, 0.25) is 10.0 Å². The normalized spacial score (nSPS) is 16.6. The molecule has 0 bridgehead atoms. The Morgan fingerprint density at radius 3 is 2.69 bits per heavy atom. The zero-order valence-electron chi connectivity index (χ0n) is 14.9. The molecule has 0 spiro atoms. The number of urea groups is 1. The summed E-state index contributed by atoms with van der Waals surface area (Å²) in [4.78, 5) is 12.6. The van der Waals surface area contributed by atoms with E-state index in [0.29, 0.717) is 5.69 Å². The van der Waals surface area contributed by atoms with Gasteiger partial charge >= 0.3 is 6.03 Å². The first-order chi connectivity index (χ1) is 12.4. The number of anilines is 1. The van der Waals surface area contributed by atoms with Crippen LogP contribution in [-0.2, 0) is 16.4 Å². The van der Waals surface area contributed by atoms with Crippen LogP contribution in [0, 0.1) is 6.92 Å². The van der Waals surface area contributed by atoms with Crippen molar-refractivity contribution in [2.24, 2.45) is 0 Å². The van der Waals surface area contributed by atoms with Gasteiger partial charge in [0, 0.05) is 5.69 Å². The highest BCUT2D eigenvalue weighted by atomic mass is 32.2. The van der Waals surface area contributed by atoms with Crippen molar-refractivity contribution in [1.29, 1.82) is 0 Å². The molecule has 3 N–H and O–H groups in total. The maximum atomic E-state index is 12.5. The molecule has 3 rings (SSSR count). The second-order valence-electron chi connectivity index (χ2n) is 6.43. The van der Waals surface area contributed by atoms with E-state index in [0.717, 1.165) is 30.4 Å². The first-order valence-electron chi connectivity index (χ1n) is 8.60. The highest BCUT2D eigenvalue weighted by Gasteiger charge is 2.22. The van der Waals surface area contributed by atoms with Gasteiger partial charge in [0.05, 0.1) is 10.9 Å². The summed E-state index contributed by atoms with van der Waals surface area (Å²) in [5, 5.41) is 5.79. The third-order valence-corrected chi connectivity index (χ3v) is 6.12. The van der Waals surface area contributed by atoms with Gasteiger partial charge in [-0.25, -0.2) is 17.9 Å². The molecule has 0 heterocycles. The zero-order chi connectivity index (χ0) is 18.7. The Hall–Kier alpha value is -2.38. The molecule has 138 valence electrons. The fraction of sp³-hybridized carbons (Fsp3) is 0.316. The van der Waals surface area contributed by atoms with Gasteiger partial charge in [-0.2, -0.15) is 0 Å². The minimum atomic E-state index is -3.56. The highest BCUT2D eigenvalue weighted by Crippen LogP contribution is 2.29. The van der Waals surface area contributed by atoms with Crippen molar-refractivity contribution in [2.75, 3.05) is 12.4 Å². The average molecular weight is 373 g/mol. The number of sulfonamides is 1. The summed E-state index contributed by atoms with van der Waals surface area (Å²) < 4.78 is 26.2. The summed E-state index contributed by atoms with van der Waals surface area (Å²) in [6.45, 7) is 1.82. The molecule has 1 unspecified atom stereocenters. The van der Waals surface area contributed by atoms with Crippen LogP contribution in [0.1, 0.15) is 35.6 Å². The molecule has 0 saturated carbocycles. The van der Waals surface area contributed by atoms with Crippen LogP contribution >= 0.6 is 0 Å². The van der Waals surface area contributed by atoms with E-state index in [-0.39, 0.29) is 17.0 Å². The molecule has 26 heavy (non-hydrogen) atoms. The molecule has 0 radical (unpaired) electrons. The van der Waals surface area contributed by atoms with Gasteiger partial charge in [-0.05, 0) is 62.1 Å². The molecular formula is C19H23N3O3S. The lowest BCUT2D eigenvalue weighted by Gasteiger charge is -2.26. The maximum absolute atomic E-state index is 12.5. The van der Waals surface area contributed by atoms with E-state index in [1.807, 2.05) is 25.1 Å². The van der Waals surface area contributed by atoms with E-state index in [1.165, 1.54) is 24.7 Å². The number of carbonyl (C=O) groups is 1. The van der Waals surface area contributed by atoms with Crippen molar-refractivity contribution in [1.82, 2.24) is 10.0 Å². The van der Waals surface area contributed by atoms with E-state index < -0.39 is 10.0 Å². The Labute approximate surface area is 154 Å². The second-order valence-corrected chi connectivity index (χ2v) is 8.31. The quantitative estimate of drug-likeness (QED) is 0.769. The average Bonchev–Trinajstić information content (AvgIpc) is 2.63. The van der Waals surface area contributed by atoms with Gasteiger partial charge in [-0.1, -0.05) is 30.3 Å². The SMILES string of the molecule is CNS(=O)(=O)c1ccc(C)c(NC(=O)NC2CCCc3ccccc32)c1. The fourth-order valence-corrected chi connectivity index (χ4v) is 4.00. The second kappa shape index (κ2) is 7.47. The fourth-order valence-electron chi connectivity index (χ4n) is 3.24. The maximum Gasteiger partial charge on any atom is 0.319 e. The van der Waals surface area contributed by atoms with Crippen LogP contribution in [0.2, 0.25) is 0 Å². The lowest BCUT2D eigenvalue weighted by molar-refractivity contribution is 0.247. The van der Waals surface area contributed by atoms with Gasteiger partial charge < -0.3 is 10.6 Å². The number of fused-ring (bicyclic) bond motifs is 1. The number of hydrogen-bond donors (Lipinski definition) is 3. The van der Waals surface area contributed by atoms with Crippen LogP contribution in [0.3, 0.4) is 0 Å². The number of hydrogen-bond acceptors (Lipinski definition) is 3. The molecule has 1 atom stereocenters. The summed E-state index contributed by atoms with van der Waals surface area (Å²) in [7, 11) is -2.21. The summed E-state index contributed by atoms with van der Waals surface area (Å²) in [6.07, 6.45) is 2.94. The molecular weight excluding hydrogens is 350 g/mol. The van der Waals surface area contributed by atoms with Crippen molar-refractivity contribution in [3.05, 3.63) is 59.2 Å². The summed E-state index contributed by atoms with van der Waals surface area (Å²) in [6, 6.07) is 12.4. The zero-order valence-corrected chi connectivity index (χ0v) is 15.7. The molecule has 0 saturated heterocycles. The third-order valence-electron chi connectivity index (χ3n) is 4.71. The third kappa shape index (κ3) is 3.89. The van der Waals surface area contributed by atoms with Crippen LogP contribution in [0.15, 0.2) is 47.4 Å². The molecule has 2 aromatic rings. The van der Waals surface area contributed by atoms with Gasteiger partial charge in [-0.3, -0.25) is 0 Å². The Bertz CT molecular complexity index is 925. The van der Waals surface area contributed by atoms with Crippen LogP contribution < -0.4 is 15.4 Å². The molecule has 0 aliphatic heterocycles. The number of aryl methyl sites for hydroxylation is 2. The number of carbonyl (C=O) groups excluding carboxylic acids is 1. The van der Waals surface area contributed by atoms with E-state index >= 15 is 0 Å². The first-order valence-corrected chi connectivity index (χ1v) is 10.1. The Kier molecular flexibility index (Phi) is 5.29. The summed E-state index contributed by atoms with van der Waals surface area (Å²) in [5.41, 5.74) is 3.68. The van der Waals surface area contributed by atoms with Crippen molar-refractivity contribution in [3.8, 4) is 0 Å². The molecule has 2 aromatic carbocycles. The minimum Gasteiger partial charge on any atom is -0.331 e. The summed E-state index contributed by atoms with van der Waals surface area (Å²) >= 11 is 0. The molecule has 0 fully saturated rings. The van der Waals surface area contributed by atoms with Gasteiger partial charge in [0.25, 0.3) is 0 Å². The van der Waals surface area contributed by atoms with Crippen LogP contribution in [0.4, 0.5) is 10.5 Å². The first kappa shape index (κ1) is 18.4. The lowest BCUT2D eigenvalue weighted by atomic mass is 9.88. The topological polar surface area (TPSA) is 87.3 Å². The minimum absolute atomic E-state index is 0.0375. The molecule has 1 aliphatic carbocycles. The van der Waals surface area contributed by atoms with Crippen LogP contribution in [0.5, 0.6) is 0 Å². The van der Waals surface area contributed by atoms with Crippen molar-refractivity contribution in [2.45, 2.75) is 37.1 Å². The molecule has 7 heteroatoms. The standard InChI is InChI=1S/C19H23N3O3S/c1-13-10-11-15(26(24,25)20-2)12-18(13)22-19(23)21-17-9-5-7-14-6-3-4-8-16(14)17/h3-4,6,8,10-12,17,20H,5,7,9H2,1-2H3,(H2,21,22,23). The van der Waals surface area contributed by atoms with E-state index in [2.05, 4.69) is 21.4 Å². The number of rotatable bonds is 4. The van der Waals surface area contributed by atoms with E-state index in [4.69, 9.17) is 0 Å². The van der Waals surface area contributed by atoms with Gasteiger partial charge in [-0.15, -0.1) is 0 Å². The monoisotopic (exact) mass is 373 g/mol. The molecule has 6 nitrogen and oxygen atoms in total. The van der Waals surface area contributed by atoms with Crippen molar-refractivity contribution >= 4 is 21.7 Å². The smallest absolute Gasteiger partial charge is 0.319 e. The number of amides is 2. The number of nitrogens with one attached hydrogen (secondary N) is 3. The van der Waals surface area contributed by atoms with Gasteiger partial charge in [0.1, 0.15) is 0 Å². The Balaban J connectivity index is 1.76. The predicted molar refractivity (Wildman–Crippen MR) is 102 cm³/mol. The Morgan fingerprint density at radius 2 is 1.92 bits per heavy atom. The Morgan fingerprint density at radius 1 is 1.15 bits per heavy atom. The molecule has 1 aliphatic rings. The summed E-state index contributed by atoms with van der Waals surface area (Å²) in [5.74, 6) is 0. The van der Waals surface area contributed by atoms with Gasteiger partial charge in [0.15, 0.2) is 0 Å². The van der Waals surface area contributed by atoms with E-state index in [1.54, 1.807) is 6.07 Å². The van der Waals surface area contributed by atoms with Crippen LogP contribution in [-0.4, -0.2) is 21.5 Å². The number of benzene rings is 2. The van der Waals surface area contributed by atoms with Crippen molar-refractivity contribution in [3.63, 3.8) is 0 Å². The largest absolute Gasteiger partial charge is 0.331 e. The lowest BCUT2D eigenvalue weighted by Crippen LogP contribution is -2.34. The van der Waals surface area contributed by atoms with E-state index in [9.17, 15) is 13.2 Å².